The molecule has 0 bridgehead atoms. The Morgan fingerprint density at radius 2 is 1.81 bits per heavy atom. The third kappa shape index (κ3) is 3.00. The largest absolute Gasteiger partial charge is 0.494 e. The molecule has 0 amide bonds. The van der Waals surface area contributed by atoms with Gasteiger partial charge in [-0.25, -0.2) is 9.36 Å². The standard InChI is InChI=1S/C24H24N4O3/c1-3-14-8-10-15(11-9-14)28-23(30)19(22(29)26-24(28)31)21-20-17(12-13-27(21)2)16-6-4-5-7-18(16)25-20/h4-11,21,25,30H,3,12-13H2,1-2H3,(H,26,29,31). The SMILES string of the molecule is CCc1ccc(-n2c(O)c(C3c4[nH]c5ccccc5c4CCN3C)c(=O)[nH]c2=O)cc1. The number of hydrogen-bond donors (Lipinski definition) is 3. The van der Waals surface area contributed by atoms with Crippen molar-refractivity contribution in [2.75, 3.05) is 13.6 Å². The predicted molar refractivity (Wildman–Crippen MR) is 120 cm³/mol. The number of aryl methyl sites for hydroxylation is 1. The zero-order chi connectivity index (χ0) is 21.7. The van der Waals surface area contributed by atoms with Crippen LogP contribution < -0.4 is 11.2 Å². The summed E-state index contributed by atoms with van der Waals surface area (Å²) in [6, 6.07) is 14.9. The van der Waals surface area contributed by atoms with Crippen LogP contribution in [0.3, 0.4) is 0 Å². The van der Waals surface area contributed by atoms with E-state index in [9.17, 15) is 14.7 Å². The van der Waals surface area contributed by atoms with Crippen LogP contribution in [0, 0.1) is 0 Å². The third-order valence-corrected chi connectivity index (χ3v) is 6.27. The molecule has 4 aromatic rings. The Hall–Kier alpha value is -3.58. The van der Waals surface area contributed by atoms with Gasteiger partial charge in [-0.05, 0) is 49.2 Å². The van der Waals surface area contributed by atoms with Crippen molar-refractivity contribution in [1.29, 1.82) is 0 Å². The molecule has 0 saturated carbocycles. The van der Waals surface area contributed by atoms with Crippen molar-refractivity contribution in [3.63, 3.8) is 0 Å². The lowest BCUT2D eigenvalue weighted by Gasteiger charge is -2.33. The molecule has 0 radical (unpaired) electrons. The van der Waals surface area contributed by atoms with Crippen LogP contribution in [-0.2, 0) is 12.8 Å². The molecule has 5 rings (SSSR count). The van der Waals surface area contributed by atoms with Gasteiger partial charge in [-0.15, -0.1) is 0 Å². The van der Waals surface area contributed by atoms with Gasteiger partial charge in [-0.3, -0.25) is 14.7 Å². The second-order valence-electron chi connectivity index (χ2n) is 8.05. The first-order valence-electron chi connectivity index (χ1n) is 10.5. The fraction of sp³-hybridized carbons (Fsp3) is 0.250. The van der Waals surface area contributed by atoms with Gasteiger partial charge in [0.2, 0.25) is 5.88 Å². The Kier molecular flexibility index (Phi) is 4.55. The van der Waals surface area contributed by atoms with Crippen molar-refractivity contribution < 1.29 is 5.11 Å². The number of hydrogen-bond acceptors (Lipinski definition) is 4. The summed E-state index contributed by atoms with van der Waals surface area (Å²) in [6.07, 6.45) is 1.71. The van der Waals surface area contributed by atoms with Crippen LogP contribution in [0.25, 0.3) is 16.6 Å². The number of para-hydroxylation sites is 1. The number of nitrogens with one attached hydrogen (secondary N) is 2. The van der Waals surface area contributed by atoms with Crippen LogP contribution in [0.5, 0.6) is 5.88 Å². The van der Waals surface area contributed by atoms with E-state index in [0.29, 0.717) is 5.69 Å². The Morgan fingerprint density at radius 3 is 2.55 bits per heavy atom. The minimum Gasteiger partial charge on any atom is -0.494 e. The predicted octanol–water partition coefficient (Wildman–Crippen LogP) is 2.85. The Morgan fingerprint density at radius 1 is 1.06 bits per heavy atom. The summed E-state index contributed by atoms with van der Waals surface area (Å²) < 4.78 is 1.17. The topological polar surface area (TPSA) is 94.1 Å². The highest BCUT2D eigenvalue weighted by Gasteiger charge is 2.34. The number of benzene rings is 2. The minimum absolute atomic E-state index is 0.161. The van der Waals surface area contributed by atoms with Gasteiger partial charge in [0, 0.05) is 23.1 Å². The Labute approximate surface area is 178 Å². The number of aromatic nitrogens is 3. The first-order valence-corrected chi connectivity index (χ1v) is 10.5. The molecule has 0 saturated heterocycles. The molecule has 7 nitrogen and oxygen atoms in total. The van der Waals surface area contributed by atoms with Gasteiger partial charge in [-0.1, -0.05) is 37.3 Å². The molecule has 2 aromatic heterocycles. The number of aromatic hydroxyl groups is 1. The molecule has 1 atom stereocenters. The van der Waals surface area contributed by atoms with E-state index in [2.05, 4.69) is 16.0 Å². The summed E-state index contributed by atoms with van der Waals surface area (Å²) in [4.78, 5) is 33.5. The van der Waals surface area contributed by atoms with Crippen LogP contribution in [0.15, 0.2) is 58.1 Å². The van der Waals surface area contributed by atoms with Gasteiger partial charge in [0.25, 0.3) is 5.56 Å². The fourth-order valence-electron chi connectivity index (χ4n) is 4.63. The Balaban J connectivity index is 1.74. The number of fused-ring (bicyclic) bond motifs is 3. The maximum atomic E-state index is 12.9. The average molecular weight is 416 g/mol. The van der Waals surface area contributed by atoms with Crippen molar-refractivity contribution >= 4 is 10.9 Å². The molecule has 7 heteroatoms. The summed E-state index contributed by atoms with van der Waals surface area (Å²) in [6.45, 7) is 2.77. The quantitative estimate of drug-likeness (QED) is 0.479. The van der Waals surface area contributed by atoms with Gasteiger partial charge in [-0.2, -0.15) is 0 Å². The molecule has 1 aliphatic heterocycles. The molecule has 1 aliphatic rings. The van der Waals surface area contributed by atoms with Crippen LogP contribution in [0.2, 0.25) is 0 Å². The van der Waals surface area contributed by atoms with E-state index in [-0.39, 0.29) is 11.4 Å². The second kappa shape index (κ2) is 7.28. The van der Waals surface area contributed by atoms with Crippen molar-refractivity contribution in [1.82, 2.24) is 19.4 Å². The minimum atomic E-state index is -0.661. The number of likely N-dealkylation sites (N-methyl/N-ethyl adjacent to an activating group) is 1. The van der Waals surface area contributed by atoms with Gasteiger partial charge < -0.3 is 10.1 Å². The maximum absolute atomic E-state index is 12.9. The number of nitrogens with zero attached hydrogens (tertiary/aromatic N) is 2. The summed E-state index contributed by atoms with van der Waals surface area (Å²) in [5, 5.41) is 12.3. The van der Waals surface area contributed by atoms with E-state index in [1.807, 2.05) is 49.2 Å². The van der Waals surface area contributed by atoms with E-state index >= 15 is 0 Å². The lowest BCUT2D eigenvalue weighted by atomic mass is 9.93. The summed E-state index contributed by atoms with van der Waals surface area (Å²) in [5.74, 6) is -0.332. The average Bonchev–Trinajstić information content (AvgIpc) is 3.14. The molecular formula is C24H24N4O3. The molecule has 1 unspecified atom stereocenters. The summed E-state index contributed by atoms with van der Waals surface area (Å²) >= 11 is 0. The summed E-state index contributed by atoms with van der Waals surface area (Å²) in [7, 11) is 1.92. The molecule has 2 aromatic carbocycles. The van der Waals surface area contributed by atoms with E-state index in [4.69, 9.17) is 0 Å². The molecule has 158 valence electrons. The highest BCUT2D eigenvalue weighted by molar-refractivity contribution is 5.85. The van der Waals surface area contributed by atoms with E-state index < -0.39 is 17.3 Å². The van der Waals surface area contributed by atoms with Gasteiger partial charge in [0.15, 0.2) is 0 Å². The lowest BCUT2D eigenvalue weighted by molar-refractivity contribution is 0.252. The number of H-pyrrole nitrogens is 2. The molecule has 0 aliphatic carbocycles. The first kappa shape index (κ1) is 19.4. The molecule has 0 spiro atoms. The zero-order valence-corrected chi connectivity index (χ0v) is 17.5. The van der Waals surface area contributed by atoms with Crippen molar-refractivity contribution in [2.24, 2.45) is 0 Å². The van der Waals surface area contributed by atoms with Crippen LogP contribution in [0.4, 0.5) is 0 Å². The number of aromatic amines is 2. The molecular weight excluding hydrogens is 392 g/mol. The van der Waals surface area contributed by atoms with Gasteiger partial charge in [0.1, 0.15) is 5.56 Å². The first-order chi connectivity index (χ1) is 15.0. The van der Waals surface area contributed by atoms with Gasteiger partial charge in [0.05, 0.1) is 11.7 Å². The fourth-order valence-corrected chi connectivity index (χ4v) is 4.63. The summed E-state index contributed by atoms with van der Waals surface area (Å²) in [5.41, 5.74) is 3.56. The van der Waals surface area contributed by atoms with E-state index in [0.717, 1.165) is 47.1 Å². The van der Waals surface area contributed by atoms with Crippen LogP contribution >= 0.6 is 0 Å². The normalized spacial score (nSPS) is 16.5. The third-order valence-electron chi connectivity index (χ3n) is 6.27. The molecule has 3 heterocycles. The van der Waals surface area contributed by atoms with Gasteiger partial charge >= 0.3 is 5.69 Å². The smallest absolute Gasteiger partial charge is 0.335 e. The van der Waals surface area contributed by atoms with Crippen LogP contribution in [-0.4, -0.2) is 38.1 Å². The van der Waals surface area contributed by atoms with Crippen molar-refractivity contribution in [2.45, 2.75) is 25.8 Å². The number of rotatable bonds is 3. The van der Waals surface area contributed by atoms with Crippen molar-refractivity contribution in [3.8, 4) is 11.6 Å². The highest BCUT2D eigenvalue weighted by atomic mass is 16.3. The molecule has 31 heavy (non-hydrogen) atoms. The highest BCUT2D eigenvalue weighted by Crippen LogP contribution is 2.38. The molecule has 3 N–H and O–H groups in total. The Bertz CT molecular complexity index is 1400. The van der Waals surface area contributed by atoms with E-state index in [1.54, 1.807) is 12.1 Å². The lowest BCUT2D eigenvalue weighted by Crippen LogP contribution is -2.39. The van der Waals surface area contributed by atoms with E-state index in [1.165, 1.54) is 4.57 Å². The monoisotopic (exact) mass is 416 g/mol. The van der Waals surface area contributed by atoms with Crippen molar-refractivity contribution in [3.05, 3.63) is 91.8 Å². The molecule has 0 fully saturated rings. The second-order valence-corrected chi connectivity index (χ2v) is 8.05. The zero-order valence-electron chi connectivity index (χ0n) is 17.5. The maximum Gasteiger partial charge on any atom is 0.335 e. The van der Waals surface area contributed by atoms with Crippen LogP contribution in [0.1, 0.15) is 35.3 Å².